The van der Waals surface area contributed by atoms with Gasteiger partial charge in [0.1, 0.15) is 0 Å². The maximum absolute atomic E-state index is 11.4. The number of hydrogen-bond acceptors (Lipinski definition) is 4. The van der Waals surface area contributed by atoms with Gasteiger partial charge in [0.05, 0.1) is 6.07 Å². The summed E-state index contributed by atoms with van der Waals surface area (Å²) in [4.78, 5) is 10.4. The lowest BCUT2D eigenvalue weighted by molar-refractivity contribution is -0.137. The van der Waals surface area contributed by atoms with E-state index in [-0.39, 0.29) is 18.9 Å². The molecule has 1 aliphatic rings. The van der Waals surface area contributed by atoms with Crippen molar-refractivity contribution in [1.82, 2.24) is 4.31 Å². The first-order valence-electron chi connectivity index (χ1n) is 4.52. The Morgan fingerprint density at radius 3 is 2.80 bits per heavy atom. The van der Waals surface area contributed by atoms with Gasteiger partial charge in [-0.15, -0.1) is 0 Å². The molecule has 0 aromatic rings. The van der Waals surface area contributed by atoms with E-state index in [0.717, 1.165) is 0 Å². The molecule has 0 aliphatic carbocycles. The molecule has 0 aromatic heterocycles. The highest BCUT2D eigenvalue weighted by molar-refractivity contribution is 7.89. The molecule has 15 heavy (non-hydrogen) atoms. The SMILES string of the molecule is N#CCS(=O)(=O)N1CCC(CC(=O)O)C1. The Hall–Kier alpha value is -1.13. The van der Waals surface area contributed by atoms with E-state index in [2.05, 4.69) is 0 Å². The third-order valence-corrected chi connectivity index (χ3v) is 3.96. The first-order valence-corrected chi connectivity index (χ1v) is 6.13. The van der Waals surface area contributed by atoms with Crippen molar-refractivity contribution < 1.29 is 18.3 Å². The number of hydrogen-bond donors (Lipinski definition) is 1. The van der Waals surface area contributed by atoms with Crippen molar-refractivity contribution >= 4 is 16.0 Å². The first-order chi connectivity index (χ1) is 6.95. The Kier molecular flexibility index (Phi) is 3.66. The predicted octanol–water partition coefficient (Wildman–Crippen LogP) is -0.364. The van der Waals surface area contributed by atoms with Crippen LogP contribution in [0.25, 0.3) is 0 Å². The van der Waals surface area contributed by atoms with Crippen LogP contribution in [-0.2, 0) is 14.8 Å². The van der Waals surface area contributed by atoms with Crippen molar-refractivity contribution in [2.75, 3.05) is 18.8 Å². The van der Waals surface area contributed by atoms with Crippen LogP contribution >= 0.6 is 0 Å². The fourth-order valence-electron chi connectivity index (χ4n) is 1.64. The molecule has 1 N–H and O–H groups in total. The summed E-state index contributed by atoms with van der Waals surface area (Å²) in [7, 11) is -3.50. The molecule has 7 heteroatoms. The van der Waals surface area contributed by atoms with Crippen molar-refractivity contribution in [3.05, 3.63) is 0 Å². The van der Waals surface area contributed by atoms with Crippen LogP contribution < -0.4 is 0 Å². The molecule has 1 fully saturated rings. The van der Waals surface area contributed by atoms with Gasteiger partial charge in [-0.3, -0.25) is 4.79 Å². The number of carboxylic acid groups (broad SMARTS) is 1. The van der Waals surface area contributed by atoms with Gasteiger partial charge in [0.15, 0.2) is 5.75 Å². The summed E-state index contributed by atoms with van der Waals surface area (Å²) >= 11 is 0. The molecule has 1 aliphatic heterocycles. The Labute approximate surface area is 88.2 Å². The molecule has 6 nitrogen and oxygen atoms in total. The van der Waals surface area contributed by atoms with E-state index in [1.807, 2.05) is 0 Å². The maximum Gasteiger partial charge on any atom is 0.303 e. The Bertz CT molecular complexity index is 384. The third-order valence-electron chi connectivity index (χ3n) is 2.35. The van der Waals surface area contributed by atoms with E-state index in [1.165, 1.54) is 4.31 Å². The monoisotopic (exact) mass is 232 g/mol. The number of rotatable bonds is 4. The molecule has 1 heterocycles. The minimum atomic E-state index is -3.50. The summed E-state index contributed by atoms with van der Waals surface area (Å²) in [5.74, 6) is -1.58. The van der Waals surface area contributed by atoms with E-state index < -0.39 is 21.7 Å². The van der Waals surface area contributed by atoms with Crippen LogP contribution in [0.4, 0.5) is 0 Å². The lowest BCUT2D eigenvalue weighted by Crippen LogP contribution is -2.30. The number of sulfonamides is 1. The molecular weight excluding hydrogens is 220 g/mol. The Morgan fingerprint density at radius 2 is 2.27 bits per heavy atom. The standard InChI is InChI=1S/C8H12N2O4S/c9-2-4-15(13,14)10-3-1-7(6-10)5-8(11)12/h7H,1,3-6H2,(H,11,12). The van der Waals surface area contributed by atoms with Gasteiger partial charge in [0.2, 0.25) is 10.0 Å². The zero-order chi connectivity index (χ0) is 11.5. The second-order valence-electron chi connectivity index (χ2n) is 3.52. The van der Waals surface area contributed by atoms with E-state index in [0.29, 0.717) is 13.0 Å². The minimum absolute atomic E-state index is 0.0153. The normalized spacial score (nSPS) is 22.5. The molecule has 1 atom stereocenters. The summed E-state index contributed by atoms with van der Waals surface area (Å²) in [6.07, 6.45) is 0.537. The molecule has 0 amide bonds. The van der Waals surface area contributed by atoms with Crippen molar-refractivity contribution in [3.63, 3.8) is 0 Å². The highest BCUT2D eigenvalue weighted by Crippen LogP contribution is 2.22. The lowest BCUT2D eigenvalue weighted by Gasteiger charge is -2.13. The van der Waals surface area contributed by atoms with Crippen molar-refractivity contribution in [2.45, 2.75) is 12.8 Å². The van der Waals surface area contributed by atoms with Crippen molar-refractivity contribution in [1.29, 1.82) is 5.26 Å². The topological polar surface area (TPSA) is 98.5 Å². The van der Waals surface area contributed by atoms with Gasteiger partial charge < -0.3 is 5.11 Å². The van der Waals surface area contributed by atoms with Crippen LogP contribution in [0, 0.1) is 17.2 Å². The van der Waals surface area contributed by atoms with Crippen molar-refractivity contribution in [2.24, 2.45) is 5.92 Å². The maximum atomic E-state index is 11.4. The van der Waals surface area contributed by atoms with Crippen LogP contribution in [0.2, 0.25) is 0 Å². The number of carboxylic acids is 1. The van der Waals surface area contributed by atoms with Gasteiger partial charge in [-0.05, 0) is 12.3 Å². The molecule has 0 bridgehead atoms. The van der Waals surface area contributed by atoms with Crippen LogP contribution in [0.5, 0.6) is 0 Å². The largest absolute Gasteiger partial charge is 0.481 e. The average molecular weight is 232 g/mol. The second kappa shape index (κ2) is 4.59. The van der Waals surface area contributed by atoms with Crippen molar-refractivity contribution in [3.8, 4) is 6.07 Å². The van der Waals surface area contributed by atoms with E-state index in [9.17, 15) is 13.2 Å². The Morgan fingerprint density at radius 1 is 1.60 bits per heavy atom. The predicted molar refractivity (Wildman–Crippen MR) is 51.3 cm³/mol. The minimum Gasteiger partial charge on any atom is -0.481 e. The summed E-state index contributed by atoms with van der Waals surface area (Å²) in [5.41, 5.74) is 0. The summed E-state index contributed by atoms with van der Waals surface area (Å²) < 4.78 is 24.0. The van der Waals surface area contributed by atoms with Gasteiger partial charge in [-0.25, -0.2) is 12.7 Å². The molecule has 0 radical (unpaired) electrons. The van der Waals surface area contributed by atoms with Gasteiger partial charge in [0.25, 0.3) is 0 Å². The van der Waals surface area contributed by atoms with Crippen LogP contribution in [0.15, 0.2) is 0 Å². The van der Waals surface area contributed by atoms with Crippen LogP contribution in [0.1, 0.15) is 12.8 Å². The third kappa shape index (κ3) is 3.18. The van der Waals surface area contributed by atoms with Gasteiger partial charge >= 0.3 is 5.97 Å². The number of carbonyl (C=O) groups is 1. The fraction of sp³-hybridized carbons (Fsp3) is 0.750. The highest BCUT2D eigenvalue weighted by Gasteiger charge is 2.31. The zero-order valence-corrected chi connectivity index (χ0v) is 8.90. The molecule has 0 aromatic carbocycles. The lowest BCUT2D eigenvalue weighted by atomic mass is 10.1. The van der Waals surface area contributed by atoms with E-state index >= 15 is 0 Å². The number of nitrogens with zero attached hydrogens (tertiary/aromatic N) is 2. The van der Waals surface area contributed by atoms with Crippen LogP contribution in [0.3, 0.4) is 0 Å². The average Bonchev–Trinajstić information content (AvgIpc) is 2.51. The molecule has 0 spiro atoms. The van der Waals surface area contributed by atoms with E-state index in [4.69, 9.17) is 10.4 Å². The second-order valence-corrected chi connectivity index (χ2v) is 5.49. The summed E-state index contributed by atoms with van der Waals surface area (Å²) in [5, 5.41) is 16.9. The molecule has 0 saturated carbocycles. The number of nitriles is 1. The molecule has 1 saturated heterocycles. The fourth-order valence-corrected chi connectivity index (χ4v) is 2.80. The summed E-state index contributed by atoms with van der Waals surface area (Å²) in [6, 6.07) is 1.59. The zero-order valence-electron chi connectivity index (χ0n) is 8.09. The molecular formula is C8H12N2O4S. The van der Waals surface area contributed by atoms with Gasteiger partial charge in [0, 0.05) is 19.5 Å². The highest BCUT2D eigenvalue weighted by atomic mass is 32.2. The van der Waals surface area contributed by atoms with Gasteiger partial charge in [-0.2, -0.15) is 5.26 Å². The molecule has 1 unspecified atom stereocenters. The first kappa shape index (κ1) is 11.9. The van der Waals surface area contributed by atoms with E-state index in [1.54, 1.807) is 6.07 Å². The quantitative estimate of drug-likeness (QED) is 0.713. The molecule has 84 valence electrons. The Balaban J connectivity index is 2.57. The number of aliphatic carboxylic acids is 1. The molecule has 1 rings (SSSR count). The smallest absolute Gasteiger partial charge is 0.303 e. The van der Waals surface area contributed by atoms with Gasteiger partial charge in [-0.1, -0.05) is 0 Å². The summed E-state index contributed by atoms with van der Waals surface area (Å²) in [6.45, 7) is 0.540. The van der Waals surface area contributed by atoms with Crippen LogP contribution in [-0.4, -0.2) is 42.6 Å².